The fourth-order valence-corrected chi connectivity index (χ4v) is 3.63. The smallest absolute Gasteiger partial charge is 0.234 e. The molecule has 1 saturated heterocycles. The SMILES string of the molecule is CC(=O)N(c1cccc(Cl)c1)c1nc(CN2CCNC(=O)C2)cs1. The van der Waals surface area contributed by atoms with Gasteiger partial charge in [-0.25, -0.2) is 4.98 Å². The molecule has 1 aromatic carbocycles. The number of hydrogen-bond donors (Lipinski definition) is 1. The van der Waals surface area contributed by atoms with Gasteiger partial charge in [-0.2, -0.15) is 0 Å². The fraction of sp³-hybridized carbons (Fsp3) is 0.312. The number of rotatable bonds is 4. The van der Waals surface area contributed by atoms with Gasteiger partial charge in [-0.1, -0.05) is 17.7 Å². The number of carbonyl (C=O) groups is 2. The summed E-state index contributed by atoms with van der Waals surface area (Å²) in [5.41, 5.74) is 1.53. The summed E-state index contributed by atoms with van der Waals surface area (Å²) >= 11 is 7.43. The maximum atomic E-state index is 12.1. The third-order valence-corrected chi connectivity index (χ3v) is 4.72. The molecule has 0 saturated carbocycles. The van der Waals surface area contributed by atoms with E-state index in [0.717, 1.165) is 12.2 Å². The second-order valence-corrected chi connectivity index (χ2v) is 6.79. The summed E-state index contributed by atoms with van der Waals surface area (Å²) in [6.45, 7) is 3.90. The molecule has 1 aromatic heterocycles. The standard InChI is InChI=1S/C16H17ClN4O2S/c1-11(22)21(14-4-2-3-12(17)7-14)16-19-13(10-24-16)8-20-6-5-18-15(23)9-20/h2-4,7,10H,5-6,8-9H2,1H3,(H,18,23). The molecule has 0 spiro atoms. The summed E-state index contributed by atoms with van der Waals surface area (Å²) < 4.78 is 0. The molecular weight excluding hydrogens is 348 g/mol. The van der Waals surface area contributed by atoms with Crippen LogP contribution in [-0.2, 0) is 16.1 Å². The number of hydrogen-bond acceptors (Lipinski definition) is 5. The number of aromatic nitrogens is 1. The van der Waals surface area contributed by atoms with E-state index in [1.54, 1.807) is 23.1 Å². The molecule has 0 aliphatic carbocycles. The summed E-state index contributed by atoms with van der Waals surface area (Å²) in [6.07, 6.45) is 0. The van der Waals surface area contributed by atoms with Crippen LogP contribution in [0.2, 0.25) is 5.02 Å². The molecule has 24 heavy (non-hydrogen) atoms. The first-order valence-corrected chi connectivity index (χ1v) is 8.78. The molecule has 3 rings (SSSR count). The van der Waals surface area contributed by atoms with Gasteiger partial charge >= 0.3 is 0 Å². The van der Waals surface area contributed by atoms with Gasteiger partial charge in [-0.05, 0) is 18.2 Å². The van der Waals surface area contributed by atoms with E-state index in [2.05, 4.69) is 10.3 Å². The van der Waals surface area contributed by atoms with Gasteiger partial charge in [0.15, 0.2) is 5.13 Å². The average molecular weight is 365 g/mol. The Labute approximate surface area is 149 Å². The highest BCUT2D eigenvalue weighted by molar-refractivity contribution is 7.14. The molecule has 0 radical (unpaired) electrons. The topological polar surface area (TPSA) is 65.5 Å². The number of halogens is 1. The van der Waals surface area contributed by atoms with Gasteiger partial charge in [0.05, 0.1) is 17.9 Å². The third kappa shape index (κ3) is 3.92. The number of benzene rings is 1. The molecule has 2 heterocycles. The lowest BCUT2D eigenvalue weighted by Crippen LogP contribution is -2.47. The van der Waals surface area contributed by atoms with Crippen LogP contribution in [0, 0.1) is 0 Å². The van der Waals surface area contributed by atoms with Gasteiger partial charge in [-0.15, -0.1) is 11.3 Å². The van der Waals surface area contributed by atoms with Gasteiger partial charge in [-0.3, -0.25) is 19.4 Å². The molecule has 0 bridgehead atoms. The van der Waals surface area contributed by atoms with Crippen LogP contribution in [0.5, 0.6) is 0 Å². The molecule has 126 valence electrons. The maximum absolute atomic E-state index is 12.1. The number of carbonyl (C=O) groups excluding carboxylic acids is 2. The largest absolute Gasteiger partial charge is 0.354 e. The van der Waals surface area contributed by atoms with Crippen LogP contribution in [0.3, 0.4) is 0 Å². The van der Waals surface area contributed by atoms with Crippen molar-refractivity contribution in [2.24, 2.45) is 0 Å². The average Bonchev–Trinajstić information content (AvgIpc) is 2.95. The minimum Gasteiger partial charge on any atom is -0.354 e. The summed E-state index contributed by atoms with van der Waals surface area (Å²) in [6, 6.07) is 7.12. The number of thiazole rings is 1. The Morgan fingerprint density at radius 3 is 3.04 bits per heavy atom. The van der Waals surface area contributed by atoms with Crippen molar-refractivity contribution in [2.75, 3.05) is 24.5 Å². The Morgan fingerprint density at radius 2 is 2.33 bits per heavy atom. The van der Waals surface area contributed by atoms with Crippen molar-refractivity contribution >= 4 is 45.6 Å². The van der Waals surface area contributed by atoms with Crippen LogP contribution in [0.15, 0.2) is 29.6 Å². The highest BCUT2D eigenvalue weighted by Gasteiger charge is 2.21. The zero-order valence-electron chi connectivity index (χ0n) is 13.2. The Hall–Kier alpha value is -1.96. The number of anilines is 2. The summed E-state index contributed by atoms with van der Waals surface area (Å²) in [4.78, 5) is 31.7. The number of piperazine rings is 1. The predicted octanol–water partition coefficient (Wildman–Crippen LogP) is 2.41. The molecule has 1 fully saturated rings. The Bertz CT molecular complexity index is 764. The van der Waals surface area contributed by atoms with Crippen LogP contribution in [-0.4, -0.2) is 41.3 Å². The molecule has 6 nitrogen and oxygen atoms in total. The van der Waals surface area contributed by atoms with Crippen LogP contribution in [0.1, 0.15) is 12.6 Å². The molecule has 1 aliphatic heterocycles. The van der Waals surface area contributed by atoms with E-state index in [1.165, 1.54) is 18.3 Å². The van der Waals surface area contributed by atoms with Crippen molar-refractivity contribution in [1.82, 2.24) is 15.2 Å². The van der Waals surface area contributed by atoms with Gasteiger partial charge < -0.3 is 5.32 Å². The molecule has 0 unspecified atom stereocenters. The highest BCUT2D eigenvalue weighted by Crippen LogP contribution is 2.30. The van der Waals surface area contributed by atoms with Crippen molar-refractivity contribution in [3.05, 3.63) is 40.4 Å². The van der Waals surface area contributed by atoms with Gasteiger partial charge in [0.1, 0.15) is 0 Å². The minimum absolute atomic E-state index is 0.0287. The van der Waals surface area contributed by atoms with Gasteiger partial charge in [0.2, 0.25) is 11.8 Å². The zero-order chi connectivity index (χ0) is 17.1. The fourth-order valence-electron chi connectivity index (χ4n) is 2.57. The first-order valence-electron chi connectivity index (χ1n) is 7.52. The lowest BCUT2D eigenvalue weighted by Gasteiger charge is -2.25. The lowest BCUT2D eigenvalue weighted by atomic mass is 10.3. The lowest BCUT2D eigenvalue weighted by molar-refractivity contribution is -0.124. The van der Waals surface area contributed by atoms with Crippen LogP contribution < -0.4 is 10.2 Å². The Kier molecular flexibility index (Phi) is 5.13. The van der Waals surface area contributed by atoms with Crippen LogP contribution >= 0.6 is 22.9 Å². The molecular formula is C16H17ClN4O2S. The first kappa shape index (κ1) is 16.9. The molecule has 2 aromatic rings. The van der Waals surface area contributed by atoms with E-state index in [-0.39, 0.29) is 11.8 Å². The molecule has 1 N–H and O–H groups in total. The van der Waals surface area contributed by atoms with Gasteiger partial charge in [0, 0.05) is 37.0 Å². The van der Waals surface area contributed by atoms with E-state index < -0.39 is 0 Å². The van der Waals surface area contributed by atoms with E-state index in [9.17, 15) is 9.59 Å². The number of nitrogens with zero attached hydrogens (tertiary/aromatic N) is 3. The molecule has 1 aliphatic rings. The van der Waals surface area contributed by atoms with E-state index in [4.69, 9.17) is 11.6 Å². The second-order valence-electron chi connectivity index (χ2n) is 5.52. The Balaban J connectivity index is 1.79. The number of amides is 2. The normalized spacial score (nSPS) is 15.2. The first-order chi connectivity index (χ1) is 11.5. The van der Waals surface area contributed by atoms with Crippen molar-refractivity contribution in [3.63, 3.8) is 0 Å². The summed E-state index contributed by atoms with van der Waals surface area (Å²) in [5, 5.41) is 5.88. The highest BCUT2D eigenvalue weighted by atomic mass is 35.5. The Morgan fingerprint density at radius 1 is 1.50 bits per heavy atom. The predicted molar refractivity (Wildman–Crippen MR) is 94.7 cm³/mol. The van der Waals surface area contributed by atoms with E-state index in [0.29, 0.717) is 35.5 Å². The second kappa shape index (κ2) is 7.29. The summed E-state index contributed by atoms with van der Waals surface area (Å²) in [7, 11) is 0. The molecule has 8 heteroatoms. The number of nitrogens with one attached hydrogen (secondary N) is 1. The summed E-state index contributed by atoms with van der Waals surface area (Å²) in [5.74, 6) is -0.100. The minimum atomic E-state index is -0.129. The monoisotopic (exact) mass is 364 g/mol. The van der Waals surface area contributed by atoms with Crippen molar-refractivity contribution in [3.8, 4) is 0 Å². The zero-order valence-corrected chi connectivity index (χ0v) is 14.7. The van der Waals surface area contributed by atoms with Crippen molar-refractivity contribution < 1.29 is 9.59 Å². The van der Waals surface area contributed by atoms with Crippen LogP contribution in [0.25, 0.3) is 0 Å². The van der Waals surface area contributed by atoms with E-state index >= 15 is 0 Å². The van der Waals surface area contributed by atoms with E-state index in [1.807, 2.05) is 16.3 Å². The van der Waals surface area contributed by atoms with Crippen LogP contribution in [0.4, 0.5) is 10.8 Å². The quantitative estimate of drug-likeness (QED) is 0.904. The van der Waals surface area contributed by atoms with Gasteiger partial charge in [0.25, 0.3) is 0 Å². The van der Waals surface area contributed by atoms with Crippen molar-refractivity contribution in [1.29, 1.82) is 0 Å². The maximum Gasteiger partial charge on any atom is 0.234 e. The third-order valence-electron chi connectivity index (χ3n) is 3.62. The molecule has 0 atom stereocenters. The van der Waals surface area contributed by atoms with Crippen molar-refractivity contribution in [2.45, 2.75) is 13.5 Å². The molecule has 2 amide bonds.